The quantitative estimate of drug-likeness (QED) is 0.712. The molecular weight excluding hydrogens is 367 g/mol. The summed E-state index contributed by atoms with van der Waals surface area (Å²) in [4.78, 5) is 14.4. The molecule has 2 aromatic rings. The van der Waals surface area contributed by atoms with Crippen molar-refractivity contribution >= 4 is 46.4 Å². The van der Waals surface area contributed by atoms with Gasteiger partial charge in [0.1, 0.15) is 0 Å². The van der Waals surface area contributed by atoms with Crippen molar-refractivity contribution in [2.75, 3.05) is 11.9 Å². The fourth-order valence-electron chi connectivity index (χ4n) is 2.27. The van der Waals surface area contributed by atoms with Crippen LogP contribution < -0.4 is 5.32 Å². The first-order chi connectivity index (χ1) is 11.4. The van der Waals surface area contributed by atoms with Crippen molar-refractivity contribution in [1.29, 1.82) is 0 Å². The summed E-state index contributed by atoms with van der Waals surface area (Å²) in [7, 11) is 0. The molecule has 0 radical (unpaired) electrons. The summed E-state index contributed by atoms with van der Waals surface area (Å²) in [6.45, 7) is 4.94. The Labute approximate surface area is 157 Å². The highest BCUT2D eigenvalue weighted by atomic mass is 35.5. The molecule has 0 aliphatic rings. The summed E-state index contributed by atoms with van der Waals surface area (Å²) in [5.41, 5.74) is 1.50. The molecule has 0 atom stereocenters. The zero-order chi connectivity index (χ0) is 17.7. The molecule has 24 heavy (non-hydrogen) atoms. The normalized spacial score (nSPS) is 11.1. The van der Waals surface area contributed by atoms with Crippen LogP contribution in [0.2, 0.25) is 15.1 Å². The van der Waals surface area contributed by atoms with Crippen molar-refractivity contribution in [3.8, 4) is 0 Å². The van der Waals surface area contributed by atoms with Crippen LogP contribution >= 0.6 is 34.8 Å². The lowest BCUT2D eigenvalue weighted by Gasteiger charge is -2.26. The van der Waals surface area contributed by atoms with E-state index in [1.54, 1.807) is 18.2 Å². The van der Waals surface area contributed by atoms with Gasteiger partial charge in [0.15, 0.2) is 0 Å². The first-order valence-electron chi connectivity index (χ1n) is 7.59. The second-order valence-electron chi connectivity index (χ2n) is 5.77. The number of halogens is 3. The van der Waals surface area contributed by atoms with Crippen molar-refractivity contribution in [1.82, 2.24) is 4.90 Å². The maximum Gasteiger partial charge on any atom is 0.238 e. The molecule has 0 aliphatic heterocycles. The molecule has 0 aliphatic carbocycles. The average Bonchev–Trinajstić information content (AvgIpc) is 2.50. The molecule has 0 heterocycles. The fourth-order valence-corrected chi connectivity index (χ4v) is 2.98. The fraction of sp³-hybridized carbons (Fsp3) is 0.278. The number of hydrogen-bond acceptors (Lipinski definition) is 2. The Morgan fingerprint density at radius 3 is 2.29 bits per heavy atom. The molecular formula is C18H19Cl3N2O. The van der Waals surface area contributed by atoms with Gasteiger partial charge in [0.2, 0.25) is 5.91 Å². The van der Waals surface area contributed by atoms with Crippen LogP contribution in [-0.4, -0.2) is 23.4 Å². The van der Waals surface area contributed by atoms with E-state index in [1.807, 2.05) is 43.0 Å². The largest absolute Gasteiger partial charge is 0.322 e. The molecule has 6 heteroatoms. The lowest BCUT2D eigenvalue weighted by molar-refractivity contribution is -0.117. The summed E-state index contributed by atoms with van der Waals surface area (Å²) in [5, 5.41) is 4.31. The van der Waals surface area contributed by atoms with Crippen molar-refractivity contribution in [3.63, 3.8) is 0 Å². The number of carbonyl (C=O) groups excluding carboxylic acids is 1. The molecule has 0 bridgehead atoms. The Morgan fingerprint density at radius 2 is 1.71 bits per heavy atom. The Hall–Kier alpha value is -1.26. The number of benzene rings is 2. The Kier molecular flexibility index (Phi) is 6.93. The predicted molar refractivity (Wildman–Crippen MR) is 102 cm³/mol. The van der Waals surface area contributed by atoms with Crippen LogP contribution in [0.3, 0.4) is 0 Å². The van der Waals surface area contributed by atoms with Gasteiger partial charge in [-0.1, -0.05) is 53.0 Å². The van der Waals surface area contributed by atoms with Crippen LogP contribution in [0.5, 0.6) is 0 Å². The van der Waals surface area contributed by atoms with E-state index in [2.05, 4.69) is 5.32 Å². The molecule has 0 fully saturated rings. The third-order valence-electron chi connectivity index (χ3n) is 3.58. The topological polar surface area (TPSA) is 32.3 Å². The van der Waals surface area contributed by atoms with Gasteiger partial charge < -0.3 is 5.32 Å². The van der Waals surface area contributed by atoms with Crippen LogP contribution in [0.4, 0.5) is 5.69 Å². The standard InChI is InChI=1S/C18H19Cl3N2O/c1-12(2)23(10-13-5-3-6-14(19)9-13)11-17(24)22-18-15(20)7-4-8-16(18)21/h3-9,12H,10-11H2,1-2H3,(H,22,24). The van der Waals surface area contributed by atoms with Gasteiger partial charge in [-0.2, -0.15) is 0 Å². The highest BCUT2D eigenvalue weighted by Crippen LogP contribution is 2.29. The molecule has 0 saturated carbocycles. The maximum absolute atomic E-state index is 12.4. The first kappa shape index (κ1) is 19.1. The van der Waals surface area contributed by atoms with E-state index in [4.69, 9.17) is 34.8 Å². The molecule has 0 spiro atoms. The van der Waals surface area contributed by atoms with Crippen molar-refractivity contribution < 1.29 is 4.79 Å². The molecule has 3 nitrogen and oxygen atoms in total. The van der Waals surface area contributed by atoms with Gasteiger partial charge in [-0.25, -0.2) is 0 Å². The van der Waals surface area contributed by atoms with Crippen LogP contribution in [0.15, 0.2) is 42.5 Å². The van der Waals surface area contributed by atoms with Crippen molar-refractivity contribution in [2.24, 2.45) is 0 Å². The van der Waals surface area contributed by atoms with Gasteiger partial charge >= 0.3 is 0 Å². The number of rotatable bonds is 6. The highest BCUT2D eigenvalue weighted by Gasteiger charge is 2.16. The van der Waals surface area contributed by atoms with Gasteiger partial charge in [0.25, 0.3) is 0 Å². The van der Waals surface area contributed by atoms with E-state index in [0.29, 0.717) is 27.3 Å². The summed E-state index contributed by atoms with van der Waals surface area (Å²) in [6, 6.07) is 12.9. The van der Waals surface area contributed by atoms with E-state index >= 15 is 0 Å². The molecule has 1 N–H and O–H groups in total. The molecule has 1 amide bonds. The van der Waals surface area contributed by atoms with E-state index in [0.717, 1.165) is 5.56 Å². The lowest BCUT2D eigenvalue weighted by atomic mass is 10.2. The summed E-state index contributed by atoms with van der Waals surface area (Å²) >= 11 is 18.2. The van der Waals surface area contributed by atoms with E-state index in [1.165, 1.54) is 0 Å². The van der Waals surface area contributed by atoms with Gasteiger partial charge in [0, 0.05) is 17.6 Å². The summed E-state index contributed by atoms with van der Waals surface area (Å²) in [5.74, 6) is -0.166. The lowest BCUT2D eigenvalue weighted by Crippen LogP contribution is -2.37. The van der Waals surface area contributed by atoms with Crippen LogP contribution in [0.25, 0.3) is 0 Å². The van der Waals surface area contributed by atoms with Crippen LogP contribution in [-0.2, 0) is 11.3 Å². The zero-order valence-corrected chi connectivity index (χ0v) is 15.8. The highest BCUT2D eigenvalue weighted by molar-refractivity contribution is 6.39. The minimum Gasteiger partial charge on any atom is -0.322 e. The second-order valence-corrected chi connectivity index (χ2v) is 7.02. The molecule has 0 aromatic heterocycles. The van der Waals surface area contributed by atoms with Gasteiger partial charge in [-0.3, -0.25) is 9.69 Å². The average molecular weight is 386 g/mol. The number of hydrogen-bond donors (Lipinski definition) is 1. The number of para-hydroxylation sites is 1. The summed E-state index contributed by atoms with van der Waals surface area (Å²) in [6.07, 6.45) is 0. The Balaban J connectivity index is 2.06. The summed E-state index contributed by atoms with van der Waals surface area (Å²) < 4.78 is 0. The molecule has 0 unspecified atom stereocenters. The monoisotopic (exact) mass is 384 g/mol. The van der Waals surface area contributed by atoms with Gasteiger partial charge in [0.05, 0.1) is 22.3 Å². The van der Waals surface area contributed by atoms with Crippen molar-refractivity contribution in [3.05, 3.63) is 63.1 Å². The second kappa shape index (κ2) is 8.72. The number of amides is 1. The molecule has 2 aromatic carbocycles. The number of nitrogens with one attached hydrogen (secondary N) is 1. The van der Waals surface area contributed by atoms with Crippen LogP contribution in [0.1, 0.15) is 19.4 Å². The van der Waals surface area contributed by atoms with Gasteiger partial charge in [-0.15, -0.1) is 0 Å². The number of anilines is 1. The third-order valence-corrected chi connectivity index (χ3v) is 4.44. The Morgan fingerprint density at radius 1 is 1.08 bits per heavy atom. The molecule has 0 saturated heterocycles. The smallest absolute Gasteiger partial charge is 0.238 e. The molecule has 128 valence electrons. The first-order valence-corrected chi connectivity index (χ1v) is 8.72. The van der Waals surface area contributed by atoms with Crippen LogP contribution in [0, 0.1) is 0 Å². The molecule has 2 rings (SSSR count). The Bertz CT molecular complexity index is 699. The minimum atomic E-state index is -0.166. The number of carbonyl (C=O) groups is 1. The SMILES string of the molecule is CC(C)N(CC(=O)Nc1c(Cl)cccc1Cl)Cc1cccc(Cl)c1. The minimum absolute atomic E-state index is 0.166. The zero-order valence-electron chi connectivity index (χ0n) is 13.5. The third kappa shape index (κ3) is 5.38. The maximum atomic E-state index is 12.4. The van der Waals surface area contributed by atoms with E-state index < -0.39 is 0 Å². The number of nitrogens with zero attached hydrogens (tertiary/aromatic N) is 1. The predicted octanol–water partition coefficient (Wildman–Crippen LogP) is 5.50. The van der Waals surface area contributed by atoms with Gasteiger partial charge in [-0.05, 0) is 43.7 Å². The van der Waals surface area contributed by atoms with E-state index in [9.17, 15) is 4.79 Å². The van der Waals surface area contributed by atoms with E-state index in [-0.39, 0.29) is 18.5 Å². The van der Waals surface area contributed by atoms with Crippen molar-refractivity contribution in [2.45, 2.75) is 26.4 Å².